The first kappa shape index (κ1) is 10.7. The van der Waals surface area contributed by atoms with Crippen LogP contribution in [0.1, 0.15) is 18.4 Å². The summed E-state index contributed by atoms with van der Waals surface area (Å²) in [5, 5.41) is 10.9. The van der Waals surface area contributed by atoms with E-state index in [0.717, 1.165) is 29.2 Å². The van der Waals surface area contributed by atoms with Crippen LogP contribution in [0.15, 0.2) is 36.7 Å². The molecule has 2 rings (SSSR count). The van der Waals surface area contributed by atoms with Crippen molar-refractivity contribution in [3.05, 3.63) is 42.2 Å². The fourth-order valence-corrected chi connectivity index (χ4v) is 1.55. The molecular weight excluding hydrogens is 198 g/mol. The molecule has 0 atom stereocenters. The van der Waals surface area contributed by atoms with Gasteiger partial charge in [-0.1, -0.05) is 24.0 Å². The minimum absolute atomic E-state index is 0.200. The summed E-state index contributed by atoms with van der Waals surface area (Å²) in [5.41, 5.74) is 1.00. The number of nitrogens with zero attached hydrogens (tertiary/aromatic N) is 1. The van der Waals surface area contributed by atoms with Gasteiger partial charge in [0.2, 0.25) is 0 Å². The molecule has 0 spiro atoms. The third kappa shape index (κ3) is 2.39. The number of rotatable bonds is 2. The summed E-state index contributed by atoms with van der Waals surface area (Å²) in [6.45, 7) is 0.200. The fraction of sp³-hybridized carbons (Fsp3) is 0.214. The van der Waals surface area contributed by atoms with Crippen molar-refractivity contribution < 1.29 is 5.11 Å². The Hall–Kier alpha value is -1.85. The molecule has 1 heterocycles. The van der Waals surface area contributed by atoms with Gasteiger partial charge in [-0.05, 0) is 23.9 Å². The average molecular weight is 211 g/mol. The number of hydrogen-bond donors (Lipinski definition) is 1. The van der Waals surface area contributed by atoms with Crippen LogP contribution in [-0.2, 0) is 0 Å². The number of benzene rings is 1. The number of aromatic nitrogens is 1. The molecule has 2 aromatic rings. The number of aliphatic hydroxyl groups excluding tert-OH is 1. The molecule has 0 fully saturated rings. The lowest BCUT2D eigenvalue weighted by molar-refractivity contribution is 0.290. The SMILES string of the molecule is OCCCC#Cc1cccc2ccncc12. The Labute approximate surface area is 95.0 Å². The van der Waals surface area contributed by atoms with Gasteiger partial charge in [0.25, 0.3) is 0 Å². The molecule has 1 aromatic carbocycles. The Morgan fingerprint density at radius 3 is 3.06 bits per heavy atom. The standard InChI is InChI=1S/C14H13NO/c16-10-3-1-2-5-12-6-4-7-13-8-9-15-11-14(12)13/h4,6-9,11,16H,1,3,10H2. The van der Waals surface area contributed by atoms with E-state index < -0.39 is 0 Å². The molecule has 16 heavy (non-hydrogen) atoms. The van der Waals surface area contributed by atoms with Crippen molar-refractivity contribution in [1.29, 1.82) is 0 Å². The second-order valence-electron chi connectivity index (χ2n) is 3.53. The quantitative estimate of drug-likeness (QED) is 0.611. The van der Waals surface area contributed by atoms with Gasteiger partial charge < -0.3 is 5.11 Å². The maximum Gasteiger partial charge on any atom is 0.0440 e. The number of pyridine rings is 1. The molecule has 2 nitrogen and oxygen atoms in total. The van der Waals surface area contributed by atoms with Crippen molar-refractivity contribution in [2.45, 2.75) is 12.8 Å². The maximum absolute atomic E-state index is 8.66. The molecule has 0 aliphatic heterocycles. The molecule has 80 valence electrons. The number of unbranched alkanes of at least 4 members (excludes halogenated alkanes) is 1. The van der Waals surface area contributed by atoms with E-state index >= 15 is 0 Å². The topological polar surface area (TPSA) is 33.1 Å². The molecule has 0 aliphatic rings. The highest BCUT2D eigenvalue weighted by molar-refractivity contribution is 5.87. The van der Waals surface area contributed by atoms with Gasteiger partial charge in [0.05, 0.1) is 0 Å². The molecule has 2 heteroatoms. The van der Waals surface area contributed by atoms with E-state index in [1.54, 1.807) is 6.20 Å². The number of hydrogen-bond acceptors (Lipinski definition) is 2. The zero-order valence-electron chi connectivity index (χ0n) is 8.98. The lowest BCUT2D eigenvalue weighted by atomic mass is 10.1. The molecule has 0 unspecified atom stereocenters. The number of aliphatic hydroxyl groups is 1. The van der Waals surface area contributed by atoms with Crippen molar-refractivity contribution in [1.82, 2.24) is 4.98 Å². The highest BCUT2D eigenvalue weighted by atomic mass is 16.2. The lowest BCUT2D eigenvalue weighted by Gasteiger charge is -1.98. The van der Waals surface area contributed by atoms with E-state index in [1.807, 2.05) is 24.4 Å². The molecule has 0 radical (unpaired) electrons. The second kappa shape index (κ2) is 5.29. The summed E-state index contributed by atoms with van der Waals surface area (Å²) in [6.07, 6.45) is 5.08. The van der Waals surface area contributed by atoms with E-state index in [4.69, 9.17) is 5.11 Å². The first-order valence-corrected chi connectivity index (χ1v) is 5.34. The highest BCUT2D eigenvalue weighted by Crippen LogP contribution is 2.16. The van der Waals surface area contributed by atoms with Gasteiger partial charge in [-0.15, -0.1) is 0 Å². The zero-order valence-corrected chi connectivity index (χ0v) is 8.98. The predicted molar refractivity (Wildman–Crippen MR) is 64.9 cm³/mol. The summed E-state index contributed by atoms with van der Waals surface area (Å²) in [6, 6.07) is 8.03. The molecule has 0 aliphatic carbocycles. The molecule has 1 N–H and O–H groups in total. The van der Waals surface area contributed by atoms with Crippen molar-refractivity contribution in [3.8, 4) is 11.8 Å². The van der Waals surface area contributed by atoms with Gasteiger partial charge in [-0.3, -0.25) is 4.98 Å². The minimum Gasteiger partial charge on any atom is -0.396 e. The van der Waals surface area contributed by atoms with Gasteiger partial charge in [0.15, 0.2) is 0 Å². The van der Waals surface area contributed by atoms with Crippen LogP contribution in [-0.4, -0.2) is 16.7 Å². The van der Waals surface area contributed by atoms with Gasteiger partial charge >= 0.3 is 0 Å². The Morgan fingerprint density at radius 1 is 1.25 bits per heavy atom. The monoisotopic (exact) mass is 211 g/mol. The average Bonchev–Trinajstić information content (AvgIpc) is 2.35. The van der Waals surface area contributed by atoms with Gasteiger partial charge in [-0.2, -0.15) is 0 Å². The zero-order chi connectivity index (χ0) is 11.2. The van der Waals surface area contributed by atoms with Crippen molar-refractivity contribution in [3.63, 3.8) is 0 Å². The third-order valence-corrected chi connectivity index (χ3v) is 2.37. The van der Waals surface area contributed by atoms with Crippen molar-refractivity contribution >= 4 is 10.8 Å². The van der Waals surface area contributed by atoms with Gasteiger partial charge in [0.1, 0.15) is 0 Å². The Bertz CT molecular complexity index is 532. The van der Waals surface area contributed by atoms with Crippen molar-refractivity contribution in [2.24, 2.45) is 0 Å². The van der Waals surface area contributed by atoms with Gasteiger partial charge in [0, 0.05) is 36.4 Å². The largest absolute Gasteiger partial charge is 0.396 e. The van der Waals surface area contributed by atoms with E-state index in [9.17, 15) is 0 Å². The van der Waals surface area contributed by atoms with E-state index in [0.29, 0.717) is 0 Å². The predicted octanol–water partition coefficient (Wildman–Crippen LogP) is 2.36. The van der Waals surface area contributed by atoms with Crippen LogP contribution in [0.5, 0.6) is 0 Å². The minimum atomic E-state index is 0.200. The summed E-state index contributed by atoms with van der Waals surface area (Å²) < 4.78 is 0. The van der Waals surface area contributed by atoms with Crippen LogP contribution < -0.4 is 0 Å². The molecule has 1 aromatic heterocycles. The van der Waals surface area contributed by atoms with Crippen LogP contribution in [0, 0.1) is 11.8 Å². The summed E-state index contributed by atoms with van der Waals surface area (Å²) in [7, 11) is 0. The molecular formula is C14H13NO. The normalized spacial score (nSPS) is 9.81. The lowest BCUT2D eigenvalue weighted by Crippen LogP contribution is -1.82. The Morgan fingerprint density at radius 2 is 2.19 bits per heavy atom. The first-order chi connectivity index (χ1) is 7.92. The van der Waals surface area contributed by atoms with E-state index in [-0.39, 0.29) is 6.61 Å². The summed E-state index contributed by atoms with van der Waals surface area (Å²) in [4.78, 5) is 4.11. The van der Waals surface area contributed by atoms with Crippen LogP contribution in [0.3, 0.4) is 0 Å². The van der Waals surface area contributed by atoms with Crippen LogP contribution in [0.2, 0.25) is 0 Å². The first-order valence-electron chi connectivity index (χ1n) is 5.34. The maximum atomic E-state index is 8.66. The summed E-state index contributed by atoms with van der Waals surface area (Å²) >= 11 is 0. The van der Waals surface area contributed by atoms with E-state index in [2.05, 4.69) is 22.9 Å². The molecule has 0 saturated carbocycles. The Kier molecular flexibility index (Phi) is 3.53. The highest BCUT2D eigenvalue weighted by Gasteiger charge is 1.96. The number of fused-ring (bicyclic) bond motifs is 1. The molecule has 0 saturated heterocycles. The van der Waals surface area contributed by atoms with E-state index in [1.165, 1.54) is 0 Å². The molecule has 0 bridgehead atoms. The van der Waals surface area contributed by atoms with Gasteiger partial charge in [-0.25, -0.2) is 0 Å². The Balaban J connectivity index is 2.32. The smallest absolute Gasteiger partial charge is 0.0440 e. The van der Waals surface area contributed by atoms with Crippen LogP contribution in [0.4, 0.5) is 0 Å². The van der Waals surface area contributed by atoms with Crippen LogP contribution in [0.25, 0.3) is 10.8 Å². The molecule has 0 amide bonds. The second-order valence-corrected chi connectivity index (χ2v) is 3.53. The van der Waals surface area contributed by atoms with Crippen LogP contribution >= 0.6 is 0 Å². The fourth-order valence-electron chi connectivity index (χ4n) is 1.55. The summed E-state index contributed by atoms with van der Waals surface area (Å²) in [5.74, 6) is 6.18. The third-order valence-electron chi connectivity index (χ3n) is 2.37. The van der Waals surface area contributed by atoms with Crippen molar-refractivity contribution in [2.75, 3.05) is 6.61 Å².